The summed E-state index contributed by atoms with van der Waals surface area (Å²) in [4.78, 5) is 25.2. The standard InChI is InChI=1S/C17H26IN7O5/c18-3-5-24(4-1-2-9(19)17(28)29)6-10-12(26)13(27)16(30-10)25-8-23-11-14(20)21-7-22-15(11)25/h7-10,12-13,16,26-27H,1-6,19H2,(H,28,29)(H2,20,21,22)/t9-,10-,12-,13-,16-/m0/s1. The summed E-state index contributed by atoms with van der Waals surface area (Å²) >= 11 is 2.25. The van der Waals surface area contributed by atoms with Crippen LogP contribution < -0.4 is 11.5 Å². The second kappa shape index (κ2) is 10.1. The average Bonchev–Trinajstić information content (AvgIpc) is 3.25. The summed E-state index contributed by atoms with van der Waals surface area (Å²) in [5, 5.41) is 30.1. The molecule has 2 aromatic rings. The van der Waals surface area contributed by atoms with Gasteiger partial charge in [0.2, 0.25) is 0 Å². The lowest BCUT2D eigenvalue weighted by atomic mass is 10.1. The highest BCUT2D eigenvalue weighted by Gasteiger charge is 2.44. The SMILES string of the molecule is Nc1ncnc2c1ncn2[C@H]1O[C@@H](CN(CCI)CCC[C@H](N)C(=O)O)[C@H](O)[C@@H]1O. The molecule has 3 heterocycles. The van der Waals surface area contributed by atoms with E-state index in [1.807, 2.05) is 0 Å². The van der Waals surface area contributed by atoms with Crippen molar-refractivity contribution < 1.29 is 24.9 Å². The molecule has 3 rings (SSSR count). The van der Waals surface area contributed by atoms with Gasteiger partial charge in [-0.25, -0.2) is 15.0 Å². The first-order chi connectivity index (χ1) is 14.3. The summed E-state index contributed by atoms with van der Waals surface area (Å²) in [5.74, 6) is -0.802. The lowest BCUT2D eigenvalue weighted by Crippen LogP contribution is -2.41. The van der Waals surface area contributed by atoms with Crippen LogP contribution in [0.2, 0.25) is 0 Å². The zero-order valence-electron chi connectivity index (χ0n) is 16.2. The number of alkyl halides is 1. The molecule has 13 heteroatoms. The summed E-state index contributed by atoms with van der Waals surface area (Å²) < 4.78 is 8.36. The van der Waals surface area contributed by atoms with Crippen molar-refractivity contribution >= 4 is 45.5 Å². The van der Waals surface area contributed by atoms with Gasteiger partial charge in [0, 0.05) is 17.5 Å². The first kappa shape index (κ1) is 23.0. The fraction of sp³-hybridized carbons (Fsp3) is 0.647. The number of nitrogens with two attached hydrogens (primary N) is 2. The molecule has 1 aliphatic rings. The molecule has 2 aromatic heterocycles. The van der Waals surface area contributed by atoms with Crippen LogP contribution in [0.25, 0.3) is 11.2 Å². The van der Waals surface area contributed by atoms with E-state index in [4.69, 9.17) is 21.3 Å². The van der Waals surface area contributed by atoms with Crippen molar-refractivity contribution in [2.45, 2.75) is 43.4 Å². The number of imidazole rings is 1. The van der Waals surface area contributed by atoms with E-state index in [2.05, 4.69) is 42.4 Å². The van der Waals surface area contributed by atoms with Crippen molar-refractivity contribution in [1.29, 1.82) is 0 Å². The van der Waals surface area contributed by atoms with E-state index in [0.29, 0.717) is 37.1 Å². The molecular formula is C17H26IN7O5. The average molecular weight is 535 g/mol. The minimum atomic E-state index is -1.18. The quantitative estimate of drug-likeness (QED) is 0.185. The van der Waals surface area contributed by atoms with Crippen LogP contribution in [0.3, 0.4) is 0 Å². The normalized spacial score (nSPS) is 25.2. The number of rotatable bonds is 10. The molecule has 0 bridgehead atoms. The maximum atomic E-state index is 10.9. The van der Waals surface area contributed by atoms with Gasteiger partial charge >= 0.3 is 5.97 Å². The fourth-order valence-corrected chi connectivity index (χ4v) is 4.18. The van der Waals surface area contributed by atoms with Crippen molar-refractivity contribution in [3.63, 3.8) is 0 Å². The van der Waals surface area contributed by atoms with E-state index in [0.717, 1.165) is 11.0 Å². The van der Waals surface area contributed by atoms with Crippen LogP contribution in [0.5, 0.6) is 0 Å². The Morgan fingerprint density at radius 1 is 1.30 bits per heavy atom. The van der Waals surface area contributed by atoms with Crippen molar-refractivity contribution in [2.75, 3.05) is 29.8 Å². The second-order valence-corrected chi connectivity index (χ2v) is 8.28. The van der Waals surface area contributed by atoms with Gasteiger partial charge in [0.25, 0.3) is 0 Å². The zero-order valence-corrected chi connectivity index (χ0v) is 18.4. The second-order valence-electron chi connectivity index (χ2n) is 7.21. The third-order valence-corrected chi connectivity index (χ3v) is 5.63. The maximum absolute atomic E-state index is 10.9. The first-order valence-electron chi connectivity index (χ1n) is 9.54. The molecule has 0 amide bonds. The molecule has 0 aliphatic carbocycles. The number of hydrogen-bond donors (Lipinski definition) is 5. The molecule has 12 nitrogen and oxygen atoms in total. The topological polar surface area (TPSA) is 186 Å². The van der Waals surface area contributed by atoms with Gasteiger partial charge in [-0.2, -0.15) is 0 Å². The molecule has 1 fully saturated rings. The fourth-order valence-electron chi connectivity index (χ4n) is 3.49. The number of aromatic nitrogens is 4. The summed E-state index contributed by atoms with van der Waals surface area (Å²) in [7, 11) is 0. The van der Waals surface area contributed by atoms with Crippen LogP contribution in [-0.4, -0.2) is 94.1 Å². The van der Waals surface area contributed by atoms with E-state index in [1.54, 1.807) is 0 Å². The number of carbonyl (C=O) groups is 1. The molecule has 30 heavy (non-hydrogen) atoms. The van der Waals surface area contributed by atoms with Crippen LogP contribution in [0.4, 0.5) is 5.82 Å². The lowest BCUT2D eigenvalue weighted by molar-refractivity contribution is -0.138. The predicted molar refractivity (Wildman–Crippen MR) is 116 cm³/mol. The summed E-state index contributed by atoms with van der Waals surface area (Å²) in [5.41, 5.74) is 12.2. The Labute approximate surface area is 186 Å². The highest BCUT2D eigenvalue weighted by molar-refractivity contribution is 14.1. The van der Waals surface area contributed by atoms with E-state index >= 15 is 0 Å². The van der Waals surface area contributed by atoms with Crippen LogP contribution in [0.1, 0.15) is 19.1 Å². The zero-order chi connectivity index (χ0) is 21.8. The Balaban J connectivity index is 1.67. The van der Waals surface area contributed by atoms with Gasteiger partial charge < -0.3 is 31.5 Å². The Morgan fingerprint density at radius 2 is 2.07 bits per heavy atom. The van der Waals surface area contributed by atoms with Gasteiger partial charge in [-0.05, 0) is 19.4 Å². The summed E-state index contributed by atoms with van der Waals surface area (Å²) in [6.07, 6.45) is -0.0848. The number of aliphatic carboxylic acids is 1. The number of nitrogens with zero attached hydrogens (tertiary/aromatic N) is 5. The molecule has 7 N–H and O–H groups in total. The third-order valence-electron chi connectivity index (χ3n) is 5.14. The number of aliphatic hydroxyl groups excluding tert-OH is 2. The van der Waals surface area contributed by atoms with E-state index in [-0.39, 0.29) is 5.82 Å². The van der Waals surface area contributed by atoms with E-state index in [1.165, 1.54) is 17.2 Å². The highest BCUT2D eigenvalue weighted by Crippen LogP contribution is 2.32. The van der Waals surface area contributed by atoms with Crippen molar-refractivity contribution in [2.24, 2.45) is 5.73 Å². The van der Waals surface area contributed by atoms with Crippen molar-refractivity contribution in [3.8, 4) is 0 Å². The number of carboxylic acid groups (broad SMARTS) is 1. The number of carboxylic acids is 1. The Bertz CT molecular complexity index is 868. The van der Waals surface area contributed by atoms with Gasteiger partial charge in [0.1, 0.15) is 36.2 Å². The molecule has 0 radical (unpaired) electrons. The molecule has 166 valence electrons. The lowest BCUT2D eigenvalue weighted by Gasteiger charge is -2.26. The minimum Gasteiger partial charge on any atom is -0.480 e. The predicted octanol–water partition coefficient (Wildman–Crippen LogP) is -1.04. The number of ether oxygens (including phenoxy) is 1. The highest BCUT2D eigenvalue weighted by atomic mass is 127. The smallest absolute Gasteiger partial charge is 0.320 e. The van der Waals surface area contributed by atoms with Crippen LogP contribution in [0.15, 0.2) is 12.7 Å². The van der Waals surface area contributed by atoms with Gasteiger partial charge in [-0.1, -0.05) is 22.6 Å². The summed E-state index contributed by atoms with van der Waals surface area (Å²) in [6, 6.07) is -0.894. The van der Waals surface area contributed by atoms with Crippen LogP contribution >= 0.6 is 22.6 Å². The van der Waals surface area contributed by atoms with Crippen molar-refractivity contribution in [3.05, 3.63) is 12.7 Å². The largest absolute Gasteiger partial charge is 0.480 e. The number of halogens is 1. The molecule has 0 aromatic carbocycles. The number of aliphatic hydroxyl groups is 2. The van der Waals surface area contributed by atoms with Gasteiger partial charge in [-0.15, -0.1) is 0 Å². The number of fused-ring (bicyclic) bond motifs is 1. The molecule has 0 spiro atoms. The van der Waals surface area contributed by atoms with Gasteiger partial charge in [-0.3, -0.25) is 14.3 Å². The van der Waals surface area contributed by atoms with Crippen LogP contribution in [-0.2, 0) is 9.53 Å². The minimum absolute atomic E-state index is 0.219. The molecule has 5 atom stereocenters. The Kier molecular flexibility index (Phi) is 7.75. The molecule has 1 aliphatic heterocycles. The van der Waals surface area contributed by atoms with Crippen molar-refractivity contribution in [1.82, 2.24) is 24.4 Å². The number of anilines is 1. The van der Waals surface area contributed by atoms with Gasteiger partial charge in [0.15, 0.2) is 17.7 Å². The number of nitrogen functional groups attached to an aromatic ring is 1. The Morgan fingerprint density at radius 3 is 2.77 bits per heavy atom. The summed E-state index contributed by atoms with van der Waals surface area (Å²) in [6.45, 7) is 1.72. The Hall–Kier alpha value is -1.65. The molecule has 0 unspecified atom stereocenters. The first-order valence-corrected chi connectivity index (χ1v) is 11.1. The maximum Gasteiger partial charge on any atom is 0.320 e. The monoisotopic (exact) mass is 535 g/mol. The molecular weight excluding hydrogens is 509 g/mol. The third kappa shape index (κ3) is 4.97. The number of hydrogen-bond acceptors (Lipinski definition) is 10. The van der Waals surface area contributed by atoms with E-state index in [9.17, 15) is 15.0 Å². The van der Waals surface area contributed by atoms with Crippen LogP contribution in [0, 0.1) is 0 Å². The van der Waals surface area contributed by atoms with Gasteiger partial charge in [0.05, 0.1) is 6.33 Å². The molecule has 0 saturated carbocycles. The van der Waals surface area contributed by atoms with E-state index < -0.39 is 36.6 Å². The molecule has 1 saturated heterocycles.